The molecule has 102 valence electrons. The highest BCUT2D eigenvalue weighted by Gasteiger charge is 2.18. The molecule has 0 amide bonds. The second kappa shape index (κ2) is 6.48. The third kappa shape index (κ3) is 3.45. The lowest BCUT2D eigenvalue weighted by Gasteiger charge is -2.17. The second-order valence-corrected chi connectivity index (χ2v) is 7.53. The molecule has 0 aliphatic carbocycles. The lowest BCUT2D eigenvalue weighted by molar-refractivity contribution is 0.600. The Morgan fingerprint density at radius 2 is 2.05 bits per heavy atom. The SMILES string of the molecule is CCNC(c1ccc(C)c(F)c1)c1cc(Br)c(Br)s1. The van der Waals surface area contributed by atoms with Crippen molar-refractivity contribution >= 4 is 43.2 Å². The first-order valence-corrected chi connectivity index (χ1v) is 8.37. The quantitative estimate of drug-likeness (QED) is 0.714. The Labute approximate surface area is 133 Å². The number of thiophene rings is 1. The zero-order valence-corrected chi connectivity index (χ0v) is 14.6. The van der Waals surface area contributed by atoms with Gasteiger partial charge in [0.25, 0.3) is 0 Å². The van der Waals surface area contributed by atoms with Gasteiger partial charge in [0, 0.05) is 9.35 Å². The number of hydrogen-bond donors (Lipinski definition) is 1. The van der Waals surface area contributed by atoms with E-state index in [1.807, 2.05) is 12.1 Å². The van der Waals surface area contributed by atoms with Gasteiger partial charge >= 0.3 is 0 Å². The summed E-state index contributed by atoms with van der Waals surface area (Å²) >= 11 is 8.65. The molecule has 1 N–H and O–H groups in total. The number of benzene rings is 1. The van der Waals surface area contributed by atoms with Gasteiger partial charge in [0.2, 0.25) is 0 Å². The van der Waals surface area contributed by atoms with Crippen LogP contribution in [0.2, 0.25) is 0 Å². The number of hydrogen-bond acceptors (Lipinski definition) is 2. The van der Waals surface area contributed by atoms with Gasteiger partial charge in [-0.05, 0) is 68.6 Å². The predicted octanol–water partition coefficient (Wildman–Crippen LogP) is 5.42. The third-order valence-corrected chi connectivity index (χ3v) is 6.21. The molecule has 19 heavy (non-hydrogen) atoms. The molecule has 0 saturated heterocycles. The van der Waals surface area contributed by atoms with Crippen molar-refractivity contribution in [2.45, 2.75) is 19.9 Å². The summed E-state index contributed by atoms with van der Waals surface area (Å²) in [5.41, 5.74) is 1.62. The molecule has 0 fully saturated rings. The summed E-state index contributed by atoms with van der Waals surface area (Å²) in [5.74, 6) is -0.157. The van der Waals surface area contributed by atoms with Crippen molar-refractivity contribution in [3.05, 3.63) is 54.3 Å². The zero-order valence-electron chi connectivity index (χ0n) is 10.6. The molecule has 0 aliphatic rings. The van der Waals surface area contributed by atoms with Crippen LogP contribution >= 0.6 is 43.2 Å². The maximum absolute atomic E-state index is 13.7. The van der Waals surface area contributed by atoms with Gasteiger partial charge in [-0.3, -0.25) is 0 Å². The van der Waals surface area contributed by atoms with Crippen LogP contribution in [-0.4, -0.2) is 6.54 Å². The van der Waals surface area contributed by atoms with Gasteiger partial charge in [-0.15, -0.1) is 11.3 Å². The molecule has 0 aliphatic heterocycles. The van der Waals surface area contributed by atoms with Crippen molar-refractivity contribution in [2.75, 3.05) is 6.54 Å². The summed E-state index contributed by atoms with van der Waals surface area (Å²) in [6, 6.07) is 7.51. The molecule has 2 rings (SSSR count). The van der Waals surface area contributed by atoms with Crippen LogP contribution in [0.25, 0.3) is 0 Å². The molecular weight excluding hydrogens is 393 g/mol. The molecule has 0 spiro atoms. The fraction of sp³-hybridized carbons (Fsp3) is 0.286. The normalized spacial score (nSPS) is 12.7. The number of rotatable bonds is 4. The standard InChI is InChI=1S/C14H14Br2FNS/c1-3-18-13(12-7-10(15)14(16)19-12)9-5-4-8(2)11(17)6-9/h4-7,13,18H,3H2,1-2H3. The van der Waals surface area contributed by atoms with E-state index in [0.29, 0.717) is 5.56 Å². The molecule has 2 aromatic rings. The smallest absolute Gasteiger partial charge is 0.126 e. The minimum absolute atomic E-state index is 0.0210. The number of aryl methyl sites for hydroxylation is 1. The summed E-state index contributed by atoms with van der Waals surface area (Å²) in [5, 5.41) is 3.40. The maximum Gasteiger partial charge on any atom is 0.126 e. The van der Waals surface area contributed by atoms with Gasteiger partial charge in [-0.25, -0.2) is 4.39 Å². The van der Waals surface area contributed by atoms with Crippen LogP contribution in [0.5, 0.6) is 0 Å². The highest BCUT2D eigenvalue weighted by molar-refractivity contribution is 9.13. The maximum atomic E-state index is 13.7. The summed E-state index contributed by atoms with van der Waals surface area (Å²) < 4.78 is 15.8. The van der Waals surface area contributed by atoms with Crippen LogP contribution in [0.15, 0.2) is 32.5 Å². The Bertz CT molecular complexity index is 563. The molecule has 1 aromatic carbocycles. The van der Waals surface area contributed by atoms with Crippen molar-refractivity contribution in [1.29, 1.82) is 0 Å². The van der Waals surface area contributed by atoms with Crippen molar-refractivity contribution in [2.24, 2.45) is 0 Å². The average Bonchev–Trinajstić information content (AvgIpc) is 2.70. The van der Waals surface area contributed by atoms with E-state index < -0.39 is 0 Å². The Hall–Kier alpha value is -0.230. The number of halogens is 3. The highest BCUT2D eigenvalue weighted by atomic mass is 79.9. The van der Waals surface area contributed by atoms with Crippen molar-refractivity contribution < 1.29 is 4.39 Å². The van der Waals surface area contributed by atoms with E-state index in [4.69, 9.17) is 0 Å². The summed E-state index contributed by atoms with van der Waals surface area (Å²) in [6.45, 7) is 4.65. The van der Waals surface area contributed by atoms with Crippen molar-refractivity contribution in [3.8, 4) is 0 Å². The van der Waals surface area contributed by atoms with Gasteiger partial charge in [-0.2, -0.15) is 0 Å². The van der Waals surface area contributed by atoms with Crippen LogP contribution in [0.1, 0.15) is 29.0 Å². The predicted molar refractivity (Wildman–Crippen MR) is 86.4 cm³/mol. The topological polar surface area (TPSA) is 12.0 Å². The van der Waals surface area contributed by atoms with Crippen LogP contribution < -0.4 is 5.32 Å². The Balaban J connectivity index is 2.41. The first-order chi connectivity index (χ1) is 9.02. The summed E-state index contributed by atoms with van der Waals surface area (Å²) in [6.07, 6.45) is 0. The fourth-order valence-electron chi connectivity index (χ4n) is 1.88. The van der Waals surface area contributed by atoms with E-state index in [1.54, 1.807) is 24.3 Å². The second-order valence-electron chi connectivity index (χ2n) is 4.27. The monoisotopic (exact) mass is 405 g/mol. The molecule has 1 unspecified atom stereocenters. The molecule has 0 radical (unpaired) electrons. The van der Waals surface area contributed by atoms with Gasteiger partial charge in [-0.1, -0.05) is 19.1 Å². The molecule has 5 heteroatoms. The van der Waals surface area contributed by atoms with Crippen LogP contribution in [0.3, 0.4) is 0 Å². The van der Waals surface area contributed by atoms with Gasteiger partial charge in [0.15, 0.2) is 0 Å². The fourth-order valence-corrected chi connectivity index (χ4v) is 4.07. The van der Waals surface area contributed by atoms with Gasteiger partial charge < -0.3 is 5.32 Å². The first-order valence-electron chi connectivity index (χ1n) is 5.97. The van der Waals surface area contributed by atoms with Crippen LogP contribution in [0.4, 0.5) is 4.39 Å². The van der Waals surface area contributed by atoms with Crippen LogP contribution in [0, 0.1) is 12.7 Å². The minimum atomic E-state index is -0.157. The minimum Gasteiger partial charge on any atom is -0.306 e. The summed E-state index contributed by atoms with van der Waals surface area (Å²) in [4.78, 5) is 1.16. The van der Waals surface area contributed by atoms with E-state index in [9.17, 15) is 4.39 Å². The zero-order chi connectivity index (χ0) is 14.0. The van der Waals surface area contributed by atoms with Crippen LogP contribution in [-0.2, 0) is 0 Å². The van der Waals surface area contributed by atoms with E-state index in [2.05, 4.69) is 50.2 Å². The molecule has 1 heterocycles. The van der Waals surface area contributed by atoms with E-state index >= 15 is 0 Å². The first kappa shape index (κ1) is 15.2. The molecule has 0 saturated carbocycles. The average molecular weight is 407 g/mol. The number of nitrogens with one attached hydrogen (secondary N) is 1. The molecule has 0 bridgehead atoms. The largest absolute Gasteiger partial charge is 0.306 e. The van der Waals surface area contributed by atoms with E-state index in [0.717, 1.165) is 25.2 Å². The molecule has 1 nitrogen and oxygen atoms in total. The van der Waals surface area contributed by atoms with Gasteiger partial charge in [0.1, 0.15) is 5.82 Å². The lowest BCUT2D eigenvalue weighted by atomic mass is 10.0. The Morgan fingerprint density at radius 3 is 2.58 bits per heavy atom. The molecule has 1 atom stereocenters. The van der Waals surface area contributed by atoms with Crippen molar-refractivity contribution in [1.82, 2.24) is 5.32 Å². The molecule has 1 aromatic heterocycles. The summed E-state index contributed by atoms with van der Waals surface area (Å²) in [7, 11) is 0. The Kier molecular flexibility index (Phi) is 5.17. The van der Waals surface area contributed by atoms with E-state index in [1.165, 1.54) is 0 Å². The highest BCUT2D eigenvalue weighted by Crippen LogP contribution is 2.37. The molecular formula is C14H14Br2FNS. The third-order valence-electron chi connectivity index (χ3n) is 2.89. The Morgan fingerprint density at radius 1 is 1.32 bits per heavy atom. The van der Waals surface area contributed by atoms with Gasteiger partial charge in [0.05, 0.1) is 9.83 Å². The van der Waals surface area contributed by atoms with Crippen molar-refractivity contribution in [3.63, 3.8) is 0 Å². The lowest BCUT2D eigenvalue weighted by Crippen LogP contribution is -2.21. The van der Waals surface area contributed by atoms with E-state index in [-0.39, 0.29) is 11.9 Å².